The van der Waals surface area contributed by atoms with Gasteiger partial charge in [-0.3, -0.25) is 14.6 Å². The van der Waals surface area contributed by atoms with Crippen molar-refractivity contribution in [2.24, 2.45) is 0 Å². The minimum atomic E-state index is -0.359. The zero-order valence-electron chi connectivity index (χ0n) is 17.8. The predicted molar refractivity (Wildman–Crippen MR) is 120 cm³/mol. The van der Waals surface area contributed by atoms with Gasteiger partial charge in [0.1, 0.15) is 17.4 Å². The summed E-state index contributed by atoms with van der Waals surface area (Å²) in [7, 11) is 0. The average molecular weight is 432 g/mol. The number of hydrogen-bond donors (Lipinski definition) is 1. The summed E-state index contributed by atoms with van der Waals surface area (Å²) in [6.45, 7) is 4.02. The number of hydrogen-bond acceptors (Lipinski definition) is 7. The Morgan fingerprint density at radius 3 is 2.47 bits per heavy atom. The number of carbonyl (C=O) groups excluding carboxylic acids is 2. The van der Waals surface area contributed by atoms with Crippen LogP contribution in [0.25, 0.3) is 0 Å². The quantitative estimate of drug-likeness (QED) is 0.637. The molecule has 1 N–H and O–H groups in total. The van der Waals surface area contributed by atoms with E-state index >= 15 is 0 Å². The summed E-state index contributed by atoms with van der Waals surface area (Å²) < 4.78 is 5.56. The van der Waals surface area contributed by atoms with E-state index in [2.05, 4.69) is 20.3 Å². The van der Waals surface area contributed by atoms with Crippen LogP contribution in [-0.4, -0.2) is 64.5 Å². The van der Waals surface area contributed by atoms with E-state index in [0.717, 1.165) is 0 Å². The van der Waals surface area contributed by atoms with Crippen LogP contribution < -0.4 is 15.0 Å². The lowest BCUT2D eigenvalue weighted by molar-refractivity contribution is -0.133. The summed E-state index contributed by atoms with van der Waals surface area (Å²) in [5.41, 5.74) is 0.789. The molecule has 1 aliphatic heterocycles. The molecule has 1 fully saturated rings. The normalized spacial score (nSPS) is 13.5. The van der Waals surface area contributed by atoms with Crippen LogP contribution in [0.4, 0.5) is 11.6 Å². The van der Waals surface area contributed by atoms with Crippen molar-refractivity contribution in [3.05, 3.63) is 72.3 Å². The van der Waals surface area contributed by atoms with Crippen molar-refractivity contribution in [1.29, 1.82) is 0 Å². The van der Waals surface area contributed by atoms with Gasteiger partial charge in [-0.1, -0.05) is 24.3 Å². The molecule has 1 aliphatic rings. The van der Waals surface area contributed by atoms with Gasteiger partial charge in [0, 0.05) is 32.4 Å². The van der Waals surface area contributed by atoms with Crippen molar-refractivity contribution in [3.8, 4) is 5.75 Å². The zero-order chi connectivity index (χ0) is 22.3. The predicted octanol–water partition coefficient (Wildman–Crippen LogP) is 2.16. The lowest BCUT2D eigenvalue weighted by Gasteiger charge is -2.35. The number of para-hydroxylation sites is 1. The van der Waals surface area contributed by atoms with Crippen molar-refractivity contribution in [3.63, 3.8) is 0 Å². The molecule has 0 spiro atoms. The first-order chi connectivity index (χ1) is 15.6. The third-order valence-corrected chi connectivity index (χ3v) is 5.13. The standard InChI is InChI=1S/C23H24N6O3/c1-17-22(23(31)26-19-9-5-6-10-24-19)27-20(15-25-17)28-11-13-29(14-12-28)21(30)16-32-18-7-3-2-4-8-18/h2-10,15H,11-14,16H2,1H3,(H,24,26,31). The van der Waals surface area contributed by atoms with Crippen LogP contribution in [0.1, 0.15) is 16.2 Å². The van der Waals surface area contributed by atoms with Crippen molar-refractivity contribution in [2.45, 2.75) is 6.92 Å². The van der Waals surface area contributed by atoms with Crippen LogP contribution in [0, 0.1) is 6.92 Å². The minimum Gasteiger partial charge on any atom is -0.484 e. The highest BCUT2D eigenvalue weighted by Gasteiger charge is 2.24. The molecule has 9 nitrogen and oxygen atoms in total. The van der Waals surface area contributed by atoms with Gasteiger partial charge in [-0.25, -0.2) is 9.97 Å². The number of anilines is 2. The van der Waals surface area contributed by atoms with E-state index in [0.29, 0.717) is 49.3 Å². The molecule has 2 amide bonds. The molecule has 164 valence electrons. The summed E-state index contributed by atoms with van der Waals surface area (Å²) in [4.78, 5) is 41.9. The van der Waals surface area contributed by atoms with E-state index in [1.165, 1.54) is 0 Å². The Morgan fingerprint density at radius 2 is 1.75 bits per heavy atom. The maximum absolute atomic E-state index is 12.7. The SMILES string of the molecule is Cc1ncc(N2CCN(C(=O)COc3ccccc3)CC2)nc1C(=O)Nc1ccccn1. The van der Waals surface area contributed by atoms with E-state index in [-0.39, 0.29) is 24.1 Å². The molecule has 0 atom stereocenters. The van der Waals surface area contributed by atoms with Crippen LogP contribution >= 0.6 is 0 Å². The third-order valence-electron chi connectivity index (χ3n) is 5.13. The van der Waals surface area contributed by atoms with E-state index in [1.54, 1.807) is 42.4 Å². The van der Waals surface area contributed by atoms with E-state index in [1.807, 2.05) is 35.2 Å². The number of rotatable bonds is 6. The largest absolute Gasteiger partial charge is 0.484 e. The first kappa shape index (κ1) is 21.2. The topological polar surface area (TPSA) is 101 Å². The van der Waals surface area contributed by atoms with Crippen molar-refractivity contribution in [1.82, 2.24) is 19.9 Å². The minimum absolute atomic E-state index is 0.00614. The highest BCUT2D eigenvalue weighted by atomic mass is 16.5. The number of carbonyl (C=O) groups is 2. The monoisotopic (exact) mass is 432 g/mol. The number of aromatic nitrogens is 3. The Labute approximate surface area is 186 Å². The first-order valence-corrected chi connectivity index (χ1v) is 10.4. The number of ether oxygens (including phenoxy) is 1. The number of amides is 2. The van der Waals surface area contributed by atoms with E-state index in [9.17, 15) is 9.59 Å². The summed E-state index contributed by atoms with van der Waals surface area (Å²) in [6, 6.07) is 14.6. The van der Waals surface area contributed by atoms with Gasteiger partial charge in [0.2, 0.25) is 0 Å². The number of nitrogens with one attached hydrogen (secondary N) is 1. The van der Waals surface area contributed by atoms with Crippen LogP contribution in [-0.2, 0) is 4.79 Å². The second-order valence-electron chi connectivity index (χ2n) is 7.30. The lowest BCUT2D eigenvalue weighted by atomic mass is 10.2. The van der Waals surface area contributed by atoms with Gasteiger partial charge in [-0.15, -0.1) is 0 Å². The molecule has 0 bridgehead atoms. The molecule has 3 aromatic rings. The summed E-state index contributed by atoms with van der Waals surface area (Å²) in [5.74, 6) is 1.32. The molecule has 0 aliphatic carbocycles. The van der Waals surface area contributed by atoms with Gasteiger partial charge in [0.25, 0.3) is 11.8 Å². The van der Waals surface area contributed by atoms with Gasteiger partial charge in [0.15, 0.2) is 12.3 Å². The van der Waals surface area contributed by atoms with Crippen LogP contribution in [0.2, 0.25) is 0 Å². The maximum Gasteiger partial charge on any atom is 0.277 e. The summed E-state index contributed by atoms with van der Waals surface area (Å²) >= 11 is 0. The summed E-state index contributed by atoms with van der Waals surface area (Å²) in [5, 5.41) is 2.74. The van der Waals surface area contributed by atoms with Crippen LogP contribution in [0.5, 0.6) is 5.75 Å². The molecule has 32 heavy (non-hydrogen) atoms. The second-order valence-corrected chi connectivity index (χ2v) is 7.30. The fraction of sp³-hybridized carbons (Fsp3) is 0.261. The fourth-order valence-electron chi connectivity index (χ4n) is 3.36. The molecule has 9 heteroatoms. The first-order valence-electron chi connectivity index (χ1n) is 10.4. The van der Waals surface area contributed by atoms with E-state index < -0.39 is 0 Å². The highest BCUT2D eigenvalue weighted by Crippen LogP contribution is 2.16. The molecule has 0 radical (unpaired) electrons. The Kier molecular flexibility index (Phi) is 6.54. The van der Waals surface area contributed by atoms with Gasteiger partial charge in [-0.2, -0.15) is 0 Å². The smallest absolute Gasteiger partial charge is 0.277 e. The van der Waals surface area contributed by atoms with Gasteiger partial charge in [-0.05, 0) is 31.2 Å². The Bertz CT molecular complexity index is 1070. The number of nitrogens with zero attached hydrogens (tertiary/aromatic N) is 5. The molecule has 4 rings (SSSR count). The van der Waals surface area contributed by atoms with Crippen molar-refractivity contribution in [2.75, 3.05) is 43.0 Å². The molecular formula is C23H24N6O3. The maximum atomic E-state index is 12.7. The average Bonchev–Trinajstić information content (AvgIpc) is 2.84. The molecule has 1 saturated heterocycles. The lowest BCUT2D eigenvalue weighted by Crippen LogP contribution is -2.50. The molecule has 0 unspecified atom stereocenters. The number of pyridine rings is 1. The van der Waals surface area contributed by atoms with E-state index in [4.69, 9.17) is 4.74 Å². The summed E-state index contributed by atoms with van der Waals surface area (Å²) in [6.07, 6.45) is 3.26. The highest BCUT2D eigenvalue weighted by molar-refractivity contribution is 6.03. The van der Waals surface area contributed by atoms with Gasteiger partial charge < -0.3 is 19.9 Å². The second kappa shape index (κ2) is 9.86. The molecular weight excluding hydrogens is 408 g/mol. The van der Waals surface area contributed by atoms with Gasteiger partial charge >= 0.3 is 0 Å². The molecule has 3 heterocycles. The number of benzene rings is 1. The molecule has 1 aromatic carbocycles. The van der Waals surface area contributed by atoms with Crippen molar-refractivity contribution < 1.29 is 14.3 Å². The molecule has 2 aromatic heterocycles. The van der Waals surface area contributed by atoms with Crippen molar-refractivity contribution >= 4 is 23.5 Å². The number of piperazine rings is 1. The zero-order valence-corrected chi connectivity index (χ0v) is 17.8. The Balaban J connectivity index is 1.34. The Morgan fingerprint density at radius 1 is 1.00 bits per heavy atom. The molecule has 0 saturated carbocycles. The van der Waals surface area contributed by atoms with Crippen LogP contribution in [0.3, 0.4) is 0 Å². The third kappa shape index (κ3) is 5.18. The Hall–Kier alpha value is -4.01. The number of aryl methyl sites for hydroxylation is 1. The van der Waals surface area contributed by atoms with Crippen LogP contribution in [0.15, 0.2) is 60.9 Å². The van der Waals surface area contributed by atoms with Gasteiger partial charge in [0.05, 0.1) is 11.9 Å². The fourth-order valence-corrected chi connectivity index (χ4v) is 3.36.